The molecule has 0 saturated carbocycles. The summed E-state index contributed by atoms with van der Waals surface area (Å²) < 4.78 is 27.7. The van der Waals surface area contributed by atoms with E-state index in [9.17, 15) is 13.2 Å². The number of unbranched alkanes of at least 4 members (excludes halogenated alkanes) is 3. The summed E-state index contributed by atoms with van der Waals surface area (Å²) in [7, 11) is 1.52. The second-order valence-electron chi connectivity index (χ2n) is 4.99. The van der Waals surface area contributed by atoms with Gasteiger partial charge in [-0.25, -0.2) is 8.42 Å². The van der Waals surface area contributed by atoms with E-state index in [1.165, 1.54) is 18.9 Å². The van der Waals surface area contributed by atoms with Crippen molar-refractivity contribution in [2.75, 3.05) is 0 Å². The zero-order valence-electron chi connectivity index (χ0n) is 12.3. The summed E-state index contributed by atoms with van der Waals surface area (Å²) >= 11 is 0.999. The predicted octanol–water partition coefficient (Wildman–Crippen LogP) is 4.12. The lowest BCUT2D eigenvalue weighted by Crippen LogP contribution is -2.16. The topological polar surface area (TPSA) is 60.4 Å². The normalized spacial score (nSPS) is 13.1. The van der Waals surface area contributed by atoms with Crippen LogP contribution in [0.15, 0.2) is 16.3 Å². The maximum atomic E-state index is 11.8. The molecule has 1 atom stereocenters. The van der Waals surface area contributed by atoms with Crippen LogP contribution in [0.25, 0.3) is 0 Å². The van der Waals surface area contributed by atoms with Gasteiger partial charge in [0.1, 0.15) is 4.21 Å². The molecule has 120 valence electrons. The standard InChI is InChI=1S/C14H21ClO4S2/c1-3-4-5-6-7-11(2)19-13(16)10-12-8-9-14(20-12)21(15,17)18/h8-9,11H,3-7,10H2,1-2H3. The zero-order chi connectivity index (χ0) is 15.9. The van der Waals surface area contributed by atoms with Gasteiger partial charge < -0.3 is 4.74 Å². The second-order valence-corrected chi connectivity index (χ2v) is 8.95. The number of ether oxygens (including phenoxy) is 1. The van der Waals surface area contributed by atoms with Crippen molar-refractivity contribution < 1.29 is 17.9 Å². The highest BCUT2D eigenvalue weighted by Gasteiger charge is 2.16. The van der Waals surface area contributed by atoms with Crippen molar-refractivity contribution in [3.63, 3.8) is 0 Å². The number of hydrogen-bond donors (Lipinski definition) is 0. The van der Waals surface area contributed by atoms with Crippen molar-refractivity contribution in [2.45, 2.75) is 62.7 Å². The molecule has 0 aliphatic carbocycles. The fourth-order valence-corrected chi connectivity index (χ4v) is 4.02. The van der Waals surface area contributed by atoms with Crippen molar-refractivity contribution in [2.24, 2.45) is 0 Å². The molecular weight excluding hydrogens is 332 g/mol. The van der Waals surface area contributed by atoms with Crippen LogP contribution in [-0.4, -0.2) is 20.5 Å². The molecule has 1 heterocycles. The molecule has 1 rings (SSSR count). The molecule has 4 nitrogen and oxygen atoms in total. The molecule has 0 N–H and O–H groups in total. The summed E-state index contributed by atoms with van der Waals surface area (Å²) in [5.41, 5.74) is 0. The summed E-state index contributed by atoms with van der Waals surface area (Å²) in [5.74, 6) is -0.335. The van der Waals surface area contributed by atoms with Crippen LogP contribution in [0, 0.1) is 0 Å². The van der Waals surface area contributed by atoms with Crippen LogP contribution in [0.3, 0.4) is 0 Å². The highest BCUT2D eigenvalue weighted by Crippen LogP contribution is 2.25. The van der Waals surface area contributed by atoms with E-state index in [-0.39, 0.29) is 22.7 Å². The van der Waals surface area contributed by atoms with Crippen LogP contribution in [-0.2, 0) is 25.0 Å². The van der Waals surface area contributed by atoms with Crippen LogP contribution in [0.1, 0.15) is 50.8 Å². The number of thiophene rings is 1. The summed E-state index contributed by atoms with van der Waals surface area (Å²) in [4.78, 5) is 12.4. The van der Waals surface area contributed by atoms with E-state index in [4.69, 9.17) is 15.4 Å². The first kappa shape index (κ1) is 18.5. The molecule has 7 heteroatoms. The Kier molecular flexibility index (Phi) is 7.70. The van der Waals surface area contributed by atoms with E-state index < -0.39 is 9.05 Å². The lowest BCUT2D eigenvalue weighted by atomic mass is 10.1. The van der Waals surface area contributed by atoms with Crippen LogP contribution in [0.2, 0.25) is 0 Å². The summed E-state index contributed by atoms with van der Waals surface area (Å²) in [6, 6.07) is 3.00. The van der Waals surface area contributed by atoms with Gasteiger partial charge in [-0.05, 0) is 31.9 Å². The number of carbonyl (C=O) groups is 1. The molecule has 0 saturated heterocycles. The quantitative estimate of drug-likeness (QED) is 0.381. The molecular formula is C14H21ClO4S2. The van der Waals surface area contributed by atoms with Gasteiger partial charge in [-0.2, -0.15) is 0 Å². The third kappa shape index (κ3) is 7.29. The summed E-state index contributed by atoms with van der Waals surface area (Å²) in [6.07, 6.45) is 5.42. The molecule has 1 aromatic rings. The second kappa shape index (κ2) is 8.76. The van der Waals surface area contributed by atoms with E-state index >= 15 is 0 Å². The molecule has 0 bridgehead atoms. The van der Waals surface area contributed by atoms with Gasteiger partial charge in [0, 0.05) is 15.6 Å². The number of halogens is 1. The minimum Gasteiger partial charge on any atom is -0.462 e. The zero-order valence-corrected chi connectivity index (χ0v) is 14.7. The van der Waals surface area contributed by atoms with E-state index in [1.54, 1.807) is 6.07 Å². The Labute approximate surface area is 134 Å². The first-order valence-electron chi connectivity index (χ1n) is 7.05. The van der Waals surface area contributed by atoms with Crippen molar-refractivity contribution in [3.8, 4) is 0 Å². The minimum absolute atomic E-state index is 0.0552. The Morgan fingerprint density at radius 2 is 2.05 bits per heavy atom. The first-order valence-corrected chi connectivity index (χ1v) is 10.2. The van der Waals surface area contributed by atoms with Gasteiger partial charge in [0.15, 0.2) is 0 Å². The molecule has 0 aromatic carbocycles. The Bertz CT molecular complexity index is 551. The number of rotatable bonds is 9. The number of esters is 1. The fourth-order valence-electron chi connectivity index (χ4n) is 1.91. The van der Waals surface area contributed by atoms with Gasteiger partial charge in [-0.1, -0.05) is 26.2 Å². The van der Waals surface area contributed by atoms with E-state index in [0.29, 0.717) is 4.88 Å². The number of hydrogen-bond acceptors (Lipinski definition) is 5. The van der Waals surface area contributed by atoms with Gasteiger partial charge in [0.2, 0.25) is 0 Å². The highest BCUT2D eigenvalue weighted by atomic mass is 35.7. The Morgan fingerprint density at radius 1 is 1.33 bits per heavy atom. The predicted molar refractivity (Wildman–Crippen MR) is 85.4 cm³/mol. The average Bonchev–Trinajstić information content (AvgIpc) is 2.82. The molecule has 0 aliphatic heterocycles. The van der Waals surface area contributed by atoms with Crippen molar-refractivity contribution in [3.05, 3.63) is 17.0 Å². The monoisotopic (exact) mass is 352 g/mol. The van der Waals surface area contributed by atoms with Crippen LogP contribution in [0.4, 0.5) is 0 Å². The molecule has 1 aromatic heterocycles. The first-order chi connectivity index (χ1) is 9.82. The van der Waals surface area contributed by atoms with Gasteiger partial charge in [0.05, 0.1) is 12.5 Å². The summed E-state index contributed by atoms with van der Waals surface area (Å²) in [5, 5.41) is 0. The van der Waals surface area contributed by atoms with Gasteiger partial charge >= 0.3 is 5.97 Å². The number of carbonyl (C=O) groups excluding carboxylic acids is 1. The van der Waals surface area contributed by atoms with Crippen LogP contribution < -0.4 is 0 Å². The SMILES string of the molecule is CCCCCCC(C)OC(=O)Cc1ccc(S(=O)(=O)Cl)s1. The molecule has 0 amide bonds. The third-order valence-corrected chi connectivity index (χ3v) is 6.17. The van der Waals surface area contributed by atoms with Gasteiger partial charge in [0.25, 0.3) is 9.05 Å². The lowest BCUT2D eigenvalue weighted by molar-refractivity contribution is -0.147. The molecule has 0 fully saturated rings. The minimum atomic E-state index is -3.72. The smallest absolute Gasteiger partial charge is 0.311 e. The maximum Gasteiger partial charge on any atom is 0.311 e. The van der Waals surface area contributed by atoms with E-state index in [2.05, 4.69) is 6.92 Å². The van der Waals surface area contributed by atoms with Gasteiger partial charge in [-0.15, -0.1) is 11.3 Å². The largest absolute Gasteiger partial charge is 0.462 e. The van der Waals surface area contributed by atoms with Crippen LogP contribution >= 0.6 is 22.0 Å². The highest BCUT2D eigenvalue weighted by molar-refractivity contribution is 8.15. The Hall–Kier alpha value is -0.590. The third-order valence-electron chi connectivity index (χ3n) is 2.99. The van der Waals surface area contributed by atoms with Gasteiger partial charge in [-0.3, -0.25) is 4.79 Å². The molecule has 0 radical (unpaired) electrons. The molecule has 21 heavy (non-hydrogen) atoms. The van der Waals surface area contributed by atoms with Crippen molar-refractivity contribution in [1.82, 2.24) is 0 Å². The maximum absolute atomic E-state index is 11.8. The lowest BCUT2D eigenvalue weighted by Gasteiger charge is -2.12. The molecule has 1 unspecified atom stereocenters. The average molecular weight is 353 g/mol. The van der Waals surface area contributed by atoms with E-state index in [0.717, 1.165) is 30.6 Å². The summed E-state index contributed by atoms with van der Waals surface area (Å²) in [6.45, 7) is 4.03. The van der Waals surface area contributed by atoms with E-state index in [1.807, 2.05) is 6.92 Å². The van der Waals surface area contributed by atoms with Crippen LogP contribution in [0.5, 0.6) is 0 Å². The fraction of sp³-hybridized carbons (Fsp3) is 0.643. The molecule has 0 aliphatic rings. The van der Waals surface area contributed by atoms with Crippen molar-refractivity contribution >= 4 is 37.0 Å². The molecule has 0 spiro atoms. The van der Waals surface area contributed by atoms with Crippen molar-refractivity contribution in [1.29, 1.82) is 0 Å². The Balaban J connectivity index is 2.38. The Morgan fingerprint density at radius 3 is 2.62 bits per heavy atom.